The van der Waals surface area contributed by atoms with Crippen LogP contribution in [0.1, 0.15) is 55.3 Å². The predicted octanol–water partition coefficient (Wildman–Crippen LogP) is 3.45. The minimum Gasteiger partial charge on any atom is -0.455 e. The van der Waals surface area contributed by atoms with E-state index in [-0.39, 0.29) is 29.3 Å². The number of nitrogens with zero attached hydrogens (tertiary/aromatic N) is 1. The molecular formula is C24H30N2O5S2. The molecule has 4 rings (SSSR count). The number of piperidine rings is 1. The summed E-state index contributed by atoms with van der Waals surface area (Å²) in [6.07, 6.45) is 5.72. The van der Waals surface area contributed by atoms with Crippen molar-refractivity contribution in [1.29, 1.82) is 0 Å². The summed E-state index contributed by atoms with van der Waals surface area (Å²) in [7, 11) is -3.60. The number of aryl methyl sites for hydroxylation is 2. The molecule has 1 aliphatic heterocycles. The van der Waals surface area contributed by atoms with Crippen molar-refractivity contribution in [1.82, 2.24) is 9.62 Å². The summed E-state index contributed by atoms with van der Waals surface area (Å²) in [6, 6.07) is 9.42. The van der Waals surface area contributed by atoms with Gasteiger partial charge in [-0.3, -0.25) is 9.59 Å². The number of ether oxygens (including phenoxy) is 1. The molecule has 0 bridgehead atoms. The molecule has 2 unspecified atom stereocenters. The Balaban J connectivity index is 1.28. The molecule has 1 aliphatic carbocycles. The number of hydrogen-bond donors (Lipinski definition) is 1. The second kappa shape index (κ2) is 10.4. The first-order valence-corrected chi connectivity index (χ1v) is 13.8. The van der Waals surface area contributed by atoms with Gasteiger partial charge in [0.05, 0.1) is 12.0 Å². The van der Waals surface area contributed by atoms with Crippen LogP contribution >= 0.6 is 11.3 Å². The Bertz CT molecular complexity index is 1100. The fourth-order valence-electron chi connectivity index (χ4n) is 4.53. The number of carbonyl (C=O) groups is 2. The third-order valence-corrected chi connectivity index (χ3v) is 9.64. The Kier molecular flexibility index (Phi) is 7.51. The summed E-state index contributed by atoms with van der Waals surface area (Å²) >= 11 is 1.16. The standard InChI is InChI=1S/C24H30N2O5S2/c1-17(19-11-10-18-6-2-3-7-20(18)14-19)25-22(27)16-31-24(28)21-8-4-12-26(15-21)33(29,30)23-9-5-13-32-23/h5,9-11,13-14,17,21H,2-4,6-8,12,15-16H2,1H3,(H,25,27). The van der Waals surface area contributed by atoms with Gasteiger partial charge in [0.1, 0.15) is 4.21 Å². The van der Waals surface area contributed by atoms with Crippen LogP contribution in [0.4, 0.5) is 0 Å². The molecule has 1 aromatic heterocycles. The van der Waals surface area contributed by atoms with E-state index >= 15 is 0 Å². The normalized spacial score (nSPS) is 20.0. The molecule has 1 amide bonds. The van der Waals surface area contributed by atoms with E-state index in [9.17, 15) is 18.0 Å². The first-order chi connectivity index (χ1) is 15.8. The third kappa shape index (κ3) is 5.65. The Morgan fingerprint density at radius 1 is 1.18 bits per heavy atom. The first-order valence-electron chi connectivity index (χ1n) is 11.5. The molecule has 1 aromatic carbocycles. The van der Waals surface area contributed by atoms with Crippen LogP contribution in [0.25, 0.3) is 0 Å². The zero-order valence-corrected chi connectivity index (χ0v) is 20.4. The maximum Gasteiger partial charge on any atom is 0.310 e. The summed E-state index contributed by atoms with van der Waals surface area (Å²) in [4.78, 5) is 24.9. The van der Waals surface area contributed by atoms with Gasteiger partial charge in [-0.1, -0.05) is 24.3 Å². The molecular weight excluding hydrogens is 460 g/mol. The molecule has 0 saturated carbocycles. The van der Waals surface area contributed by atoms with Crippen molar-refractivity contribution in [2.45, 2.75) is 55.7 Å². The van der Waals surface area contributed by atoms with Gasteiger partial charge in [-0.15, -0.1) is 11.3 Å². The maximum absolute atomic E-state index is 12.7. The lowest BCUT2D eigenvalue weighted by atomic mass is 9.89. The molecule has 2 heterocycles. The molecule has 2 aliphatic rings. The van der Waals surface area contributed by atoms with E-state index in [1.807, 2.05) is 13.0 Å². The van der Waals surface area contributed by atoms with Gasteiger partial charge in [-0.05, 0) is 73.6 Å². The third-order valence-electron chi connectivity index (χ3n) is 6.40. The number of fused-ring (bicyclic) bond motifs is 1. The molecule has 178 valence electrons. The van der Waals surface area contributed by atoms with E-state index in [0.717, 1.165) is 29.7 Å². The summed E-state index contributed by atoms with van der Waals surface area (Å²) in [5.41, 5.74) is 3.78. The minimum absolute atomic E-state index is 0.0756. The van der Waals surface area contributed by atoms with Crippen LogP contribution in [0, 0.1) is 5.92 Å². The largest absolute Gasteiger partial charge is 0.455 e. The summed E-state index contributed by atoms with van der Waals surface area (Å²) in [5.74, 6) is -1.47. The number of nitrogens with one attached hydrogen (secondary N) is 1. The minimum atomic E-state index is -3.60. The first kappa shape index (κ1) is 23.9. The molecule has 7 nitrogen and oxygen atoms in total. The van der Waals surface area contributed by atoms with Gasteiger partial charge >= 0.3 is 5.97 Å². The molecule has 1 saturated heterocycles. The molecule has 2 atom stereocenters. The van der Waals surface area contributed by atoms with Crippen LogP contribution in [-0.4, -0.2) is 44.3 Å². The number of carbonyl (C=O) groups excluding carboxylic acids is 2. The molecule has 0 radical (unpaired) electrons. The van der Waals surface area contributed by atoms with Crippen molar-refractivity contribution in [3.05, 3.63) is 52.4 Å². The maximum atomic E-state index is 12.7. The highest BCUT2D eigenvalue weighted by Crippen LogP contribution is 2.27. The average molecular weight is 491 g/mol. The fraction of sp³-hybridized carbons (Fsp3) is 0.500. The van der Waals surface area contributed by atoms with Gasteiger partial charge in [0.15, 0.2) is 6.61 Å². The molecule has 33 heavy (non-hydrogen) atoms. The lowest BCUT2D eigenvalue weighted by Gasteiger charge is -2.30. The highest BCUT2D eigenvalue weighted by molar-refractivity contribution is 7.91. The van der Waals surface area contributed by atoms with Crippen molar-refractivity contribution in [2.24, 2.45) is 5.92 Å². The van der Waals surface area contributed by atoms with Gasteiger partial charge in [-0.25, -0.2) is 8.42 Å². The number of amides is 1. The SMILES string of the molecule is CC(NC(=O)COC(=O)C1CCCN(S(=O)(=O)c2cccs2)C1)c1ccc2c(c1)CCCC2. The van der Waals surface area contributed by atoms with Crippen LogP contribution < -0.4 is 5.32 Å². The smallest absolute Gasteiger partial charge is 0.310 e. The van der Waals surface area contributed by atoms with E-state index in [1.165, 1.54) is 28.3 Å². The second-order valence-corrected chi connectivity index (χ2v) is 11.9. The fourth-order valence-corrected chi connectivity index (χ4v) is 7.20. The van der Waals surface area contributed by atoms with Crippen LogP contribution in [0.2, 0.25) is 0 Å². The second-order valence-electron chi connectivity index (χ2n) is 8.77. The predicted molar refractivity (Wildman–Crippen MR) is 126 cm³/mol. The van der Waals surface area contributed by atoms with Gasteiger partial charge in [0, 0.05) is 13.1 Å². The van der Waals surface area contributed by atoms with E-state index in [1.54, 1.807) is 17.5 Å². The molecule has 0 spiro atoms. The molecule has 1 N–H and O–H groups in total. The van der Waals surface area contributed by atoms with Gasteiger partial charge in [-0.2, -0.15) is 4.31 Å². The lowest BCUT2D eigenvalue weighted by Crippen LogP contribution is -2.43. The molecule has 1 fully saturated rings. The summed E-state index contributed by atoms with van der Waals surface area (Å²) in [5, 5.41) is 4.61. The van der Waals surface area contributed by atoms with Crippen LogP contribution in [0.5, 0.6) is 0 Å². The number of thiophene rings is 1. The average Bonchev–Trinajstić information content (AvgIpc) is 3.38. The number of sulfonamides is 1. The molecule has 2 aromatic rings. The quantitative estimate of drug-likeness (QED) is 0.600. The topological polar surface area (TPSA) is 92.8 Å². The van der Waals surface area contributed by atoms with Crippen molar-refractivity contribution >= 4 is 33.2 Å². The number of benzene rings is 1. The van der Waals surface area contributed by atoms with Crippen LogP contribution in [0.15, 0.2) is 39.9 Å². The van der Waals surface area contributed by atoms with Gasteiger partial charge in [0.2, 0.25) is 0 Å². The number of hydrogen-bond acceptors (Lipinski definition) is 6. The monoisotopic (exact) mass is 490 g/mol. The Hall–Kier alpha value is -2.23. The van der Waals surface area contributed by atoms with Crippen molar-refractivity contribution in [2.75, 3.05) is 19.7 Å². The zero-order chi connectivity index (χ0) is 23.4. The van der Waals surface area contributed by atoms with E-state index < -0.39 is 21.9 Å². The van der Waals surface area contributed by atoms with Crippen molar-refractivity contribution in [3.63, 3.8) is 0 Å². The highest BCUT2D eigenvalue weighted by atomic mass is 32.2. The summed E-state index contributed by atoms with van der Waals surface area (Å²) in [6.45, 7) is 2.00. The van der Waals surface area contributed by atoms with Gasteiger partial charge in [0.25, 0.3) is 15.9 Å². The number of esters is 1. The van der Waals surface area contributed by atoms with Crippen molar-refractivity contribution < 1.29 is 22.7 Å². The van der Waals surface area contributed by atoms with E-state index in [4.69, 9.17) is 4.74 Å². The van der Waals surface area contributed by atoms with E-state index in [0.29, 0.717) is 19.4 Å². The Morgan fingerprint density at radius 2 is 1.97 bits per heavy atom. The van der Waals surface area contributed by atoms with Crippen LogP contribution in [0.3, 0.4) is 0 Å². The van der Waals surface area contributed by atoms with Crippen molar-refractivity contribution in [3.8, 4) is 0 Å². The Morgan fingerprint density at radius 3 is 2.73 bits per heavy atom. The van der Waals surface area contributed by atoms with Crippen LogP contribution in [-0.2, 0) is 37.2 Å². The highest BCUT2D eigenvalue weighted by Gasteiger charge is 2.34. The summed E-state index contributed by atoms with van der Waals surface area (Å²) < 4.78 is 32.4. The number of rotatable bonds is 7. The lowest BCUT2D eigenvalue weighted by molar-refractivity contribution is -0.153. The van der Waals surface area contributed by atoms with E-state index in [2.05, 4.69) is 17.4 Å². The van der Waals surface area contributed by atoms with Gasteiger partial charge < -0.3 is 10.1 Å². The zero-order valence-electron chi connectivity index (χ0n) is 18.8. The Labute approximate surface area is 199 Å². The molecule has 9 heteroatoms.